The maximum Gasteiger partial charge on any atom is 0.341 e. The van der Waals surface area contributed by atoms with Crippen molar-refractivity contribution in [2.24, 2.45) is 5.92 Å². The second-order valence-electron chi connectivity index (χ2n) is 5.88. The molecule has 1 aliphatic carbocycles. The van der Waals surface area contributed by atoms with Crippen molar-refractivity contribution in [2.45, 2.75) is 25.8 Å². The molecule has 1 aliphatic rings. The van der Waals surface area contributed by atoms with Gasteiger partial charge in [0.2, 0.25) is 0 Å². The molecule has 0 bridgehead atoms. The normalized spacial score (nSPS) is 16.6. The van der Waals surface area contributed by atoms with Crippen LogP contribution in [0.4, 0.5) is 0 Å². The van der Waals surface area contributed by atoms with Gasteiger partial charge < -0.3 is 14.4 Å². The summed E-state index contributed by atoms with van der Waals surface area (Å²) in [5.41, 5.74) is 2.32. The number of ether oxygens (including phenoxy) is 1. The summed E-state index contributed by atoms with van der Waals surface area (Å²) < 4.78 is 7.13. The van der Waals surface area contributed by atoms with Gasteiger partial charge in [0.15, 0.2) is 6.61 Å². The number of benzene rings is 1. The second-order valence-corrected chi connectivity index (χ2v) is 5.88. The summed E-state index contributed by atoms with van der Waals surface area (Å²) in [6.45, 7) is 0.388. The molecule has 0 fully saturated rings. The van der Waals surface area contributed by atoms with Crippen molar-refractivity contribution in [3.63, 3.8) is 0 Å². The fourth-order valence-corrected chi connectivity index (χ4v) is 3.17. The van der Waals surface area contributed by atoms with Gasteiger partial charge in [0, 0.05) is 18.8 Å². The molecule has 3 rings (SSSR count). The van der Waals surface area contributed by atoms with E-state index in [1.165, 1.54) is 5.56 Å². The van der Waals surface area contributed by atoms with E-state index < -0.39 is 5.97 Å². The van der Waals surface area contributed by atoms with Crippen LogP contribution in [0, 0.1) is 5.92 Å². The van der Waals surface area contributed by atoms with Crippen LogP contribution in [0.2, 0.25) is 0 Å². The number of carboxylic acids is 1. The smallest absolute Gasteiger partial charge is 0.341 e. The lowest BCUT2D eigenvalue weighted by Crippen LogP contribution is -2.26. The number of carboxylic acid groups (broad SMARTS) is 1. The molecule has 2 aromatic rings. The molecule has 1 atom stereocenters. The summed E-state index contributed by atoms with van der Waals surface area (Å²) in [5, 5.41) is 8.75. The van der Waals surface area contributed by atoms with Crippen LogP contribution in [0.3, 0.4) is 0 Å². The summed E-state index contributed by atoms with van der Waals surface area (Å²) >= 11 is 0. The van der Waals surface area contributed by atoms with Gasteiger partial charge in [0.1, 0.15) is 5.75 Å². The summed E-state index contributed by atoms with van der Waals surface area (Å²) in [7, 11) is 0. The van der Waals surface area contributed by atoms with Crippen LogP contribution in [0.25, 0.3) is 0 Å². The quantitative estimate of drug-likeness (QED) is 0.918. The highest BCUT2D eigenvalue weighted by Crippen LogP contribution is 2.32. The van der Waals surface area contributed by atoms with Crippen LogP contribution in [0.15, 0.2) is 47.4 Å². The molecule has 1 heterocycles. The summed E-state index contributed by atoms with van der Waals surface area (Å²) in [6.07, 6.45) is 4.50. The highest BCUT2D eigenvalue weighted by Gasteiger charge is 2.22. The molecule has 5 nitrogen and oxygen atoms in total. The van der Waals surface area contributed by atoms with Crippen LogP contribution in [-0.4, -0.2) is 22.2 Å². The fourth-order valence-electron chi connectivity index (χ4n) is 3.17. The topological polar surface area (TPSA) is 68.5 Å². The van der Waals surface area contributed by atoms with E-state index >= 15 is 0 Å². The predicted molar refractivity (Wildman–Crippen MR) is 85.8 cm³/mol. The number of fused-ring (bicyclic) bond motifs is 1. The molecule has 0 radical (unpaired) electrons. The lowest BCUT2D eigenvalue weighted by atomic mass is 9.83. The Balaban J connectivity index is 1.74. The Morgan fingerprint density at radius 3 is 2.91 bits per heavy atom. The third-order valence-corrected chi connectivity index (χ3v) is 4.25. The van der Waals surface area contributed by atoms with Crippen molar-refractivity contribution in [2.75, 3.05) is 6.61 Å². The Morgan fingerprint density at radius 1 is 1.26 bits per heavy atom. The van der Waals surface area contributed by atoms with E-state index in [1.807, 2.05) is 24.4 Å². The molecule has 1 N–H and O–H groups in total. The number of hydrogen-bond acceptors (Lipinski definition) is 3. The molecule has 0 saturated heterocycles. The molecule has 0 aliphatic heterocycles. The minimum atomic E-state index is -0.972. The first-order valence-corrected chi connectivity index (χ1v) is 7.74. The molecule has 5 heteroatoms. The average Bonchev–Trinajstić information content (AvgIpc) is 2.54. The first-order valence-electron chi connectivity index (χ1n) is 7.74. The Morgan fingerprint density at radius 2 is 2.13 bits per heavy atom. The lowest BCUT2D eigenvalue weighted by molar-refractivity contribution is -0.139. The molecule has 120 valence electrons. The SMILES string of the molecule is O=C(O)COc1cccc2c1CCC(Cn1ccccc1=O)C2. The predicted octanol–water partition coefficient (Wildman–Crippen LogP) is 2.12. The van der Waals surface area contributed by atoms with E-state index in [0.717, 1.165) is 24.8 Å². The van der Waals surface area contributed by atoms with E-state index in [0.29, 0.717) is 18.2 Å². The first kappa shape index (κ1) is 15.3. The average molecular weight is 313 g/mol. The van der Waals surface area contributed by atoms with Crippen LogP contribution in [0.5, 0.6) is 5.75 Å². The van der Waals surface area contributed by atoms with Crippen molar-refractivity contribution < 1.29 is 14.6 Å². The minimum absolute atomic E-state index is 0.0249. The molecule has 0 spiro atoms. The Kier molecular flexibility index (Phi) is 4.46. The third kappa shape index (κ3) is 3.62. The van der Waals surface area contributed by atoms with Gasteiger partial charge in [-0.05, 0) is 48.4 Å². The lowest BCUT2D eigenvalue weighted by Gasteiger charge is -2.26. The summed E-state index contributed by atoms with van der Waals surface area (Å²) in [5.74, 6) is 0.0947. The van der Waals surface area contributed by atoms with Gasteiger partial charge in [-0.3, -0.25) is 4.79 Å². The Labute approximate surface area is 134 Å². The number of aliphatic carboxylic acids is 1. The fraction of sp³-hybridized carbons (Fsp3) is 0.333. The van der Waals surface area contributed by atoms with Gasteiger partial charge in [-0.15, -0.1) is 0 Å². The van der Waals surface area contributed by atoms with Gasteiger partial charge in [0.25, 0.3) is 5.56 Å². The zero-order valence-corrected chi connectivity index (χ0v) is 12.8. The van der Waals surface area contributed by atoms with E-state index in [1.54, 1.807) is 16.7 Å². The van der Waals surface area contributed by atoms with Gasteiger partial charge in [-0.25, -0.2) is 4.79 Å². The highest BCUT2D eigenvalue weighted by atomic mass is 16.5. The zero-order valence-electron chi connectivity index (χ0n) is 12.8. The zero-order chi connectivity index (χ0) is 16.2. The molecule has 0 saturated carbocycles. The third-order valence-electron chi connectivity index (χ3n) is 4.25. The number of rotatable bonds is 5. The van der Waals surface area contributed by atoms with Crippen LogP contribution in [-0.2, 0) is 24.2 Å². The van der Waals surface area contributed by atoms with E-state index in [4.69, 9.17) is 9.84 Å². The van der Waals surface area contributed by atoms with Crippen LogP contribution < -0.4 is 10.3 Å². The Bertz CT molecular complexity index is 766. The van der Waals surface area contributed by atoms with Crippen molar-refractivity contribution in [1.82, 2.24) is 4.57 Å². The van der Waals surface area contributed by atoms with Crippen LogP contribution in [0.1, 0.15) is 17.5 Å². The number of nitrogens with zero attached hydrogens (tertiary/aromatic N) is 1. The van der Waals surface area contributed by atoms with Crippen molar-refractivity contribution in [3.05, 3.63) is 64.1 Å². The maximum absolute atomic E-state index is 11.8. The van der Waals surface area contributed by atoms with Crippen molar-refractivity contribution >= 4 is 5.97 Å². The van der Waals surface area contributed by atoms with Crippen molar-refractivity contribution in [3.8, 4) is 5.75 Å². The molecule has 1 unspecified atom stereocenters. The maximum atomic E-state index is 11.8. The van der Waals surface area contributed by atoms with Crippen molar-refractivity contribution in [1.29, 1.82) is 0 Å². The first-order chi connectivity index (χ1) is 11.1. The summed E-state index contributed by atoms with van der Waals surface area (Å²) in [4.78, 5) is 22.5. The van der Waals surface area contributed by atoms with Gasteiger partial charge >= 0.3 is 5.97 Å². The second kappa shape index (κ2) is 6.69. The van der Waals surface area contributed by atoms with E-state index in [9.17, 15) is 9.59 Å². The molecular weight excluding hydrogens is 294 g/mol. The van der Waals surface area contributed by atoms with Crippen LogP contribution >= 0.6 is 0 Å². The molecule has 23 heavy (non-hydrogen) atoms. The van der Waals surface area contributed by atoms with Gasteiger partial charge in [-0.2, -0.15) is 0 Å². The van der Waals surface area contributed by atoms with Gasteiger partial charge in [-0.1, -0.05) is 18.2 Å². The summed E-state index contributed by atoms with van der Waals surface area (Å²) in [6, 6.07) is 11.0. The molecule has 1 aromatic heterocycles. The minimum Gasteiger partial charge on any atom is -0.482 e. The number of carbonyl (C=O) groups is 1. The molecule has 1 aromatic carbocycles. The monoisotopic (exact) mass is 313 g/mol. The largest absolute Gasteiger partial charge is 0.482 e. The number of pyridine rings is 1. The van der Waals surface area contributed by atoms with E-state index in [2.05, 4.69) is 6.07 Å². The molecule has 0 amide bonds. The Hall–Kier alpha value is -2.56. The van der Waals surface area contributed by atoms with E-state index in [-0.39, 0.29) is 12.2 Å². The number of aromatic nitrogens is 1. The van der Waals surface area contributed by atoms with Gasteiger partial charge in [0.05, 0.1) is 0 Å². The standard InChI is InChI=1S/C18H19NO4/c20-17-6-1-2-9-19(17)11-13-7-8-15-14(10-13)4-3-5-16(15)23-12-18(21)22/h1-6,9,13H,7-8,10-12H2,(H,21,22). The highest BCUT2D eigenvalue weighted by molar-refractivity contribution is 5.68. The number of hydrogen-bond donors (Lipinski definition) is 1. The molecular formula is C18H19NO4.